The van der Waals surface area contributed by atoms with E-state index in [-0.39, 0.29) is 36.5 Å². The van der Waals surface area contributed by atoms with Crippen LogP contribution in [0.4, 0.5) is 18.9 Å². The lowest BCUT2D eigenvalue weighted by atomic mass is 10.1. The summed E-state index contributed by atoms with van der Waals surface area (Å²) in [4.78, 5) is 18.0. The fraction of sp³-hybridized carbons (Fsp3) is 0.211. The van der Waals surface area contributed by atoms with Gasteiger partial charge in [-0.1, -0.05) is 11.2 Å². The number of nitrogens with zero attached hydrogens (tertiary/aromatic N) is 3. The van der Waals surface area contributed by atoms with Crippen molar-refractivity contribution in [2.75, 3.05) is 11.5 Å². The van der Waals surface area contributed by atoms with Gasteiger partial charge in [-0.3, -0.25) is 9.69 Å². The molecule has 29 heavy (non-hydrogen) atoms. The van der Waals surface area contributed by atoms with Gasteiger partial charge in [-0.25, -0.2) is 0 Å². The van der Waals surface area contributed by atoms with Gasteiger partial charge in [-0.15, -0.1) is 13.2 Å². The van der Waals surface area contributed by atoms with E-state index < -0.39 is 6.36 Å². The van der Waals surface area contributed by atoms with Crippen LogP contribution in [0.5, 0.6) is 11.5 Å². The standard InChI is InChI=1S/C19H14F3N3O4/c1-11-2-7-15-14(8-11)25(17(26)10-27-15)9-16-23-18(24-29-16)12-3-5-13(6-4-12)28-19(20,21)22/h2-8H,9-10H2,1H3. The van der Waals surface area contributed by atoms with Crippen molar-refractivity contribution in [1.82, 2.24) is 10.1 Å². The summed E-state index contributed by atoms with van der Waals surface area (Å²) in [6.07, 6.45) is -4.76. The Morgan fingerprint density at radius 1 is 1.17 bits per heavy atom. The van der Waals surface area contributed by atoms with Gasteiger partial charge < -0.3 is 14.0 Å². The lowest BCUT2D eigenvalue weighted by Gasteiger charge is -2.28. The molecule has 0 N–H and O–H groups in total. The molecule has 3 aromatic rings. The molecule has 7 nitrogen and oxygen atoms in total. The largest absolute Gasteiger partial charge is 0.573 e. The Balaban J connectivity index is 1.53. The third-order valence-corrected chi connectivity index (χ3v) is 4.16. The van der Waals surface area contributed by atoms with Crippen LogP contribution in [-0.4, -0.2) is 29.0 Å². The van der Waals surface area contributed by atoms with E-state index in [0.717, 1.165) is 17.7 Å². The highest BCUT2D eigenvalue weighted by Crippen LogP contribution is 2.34. The molecule has 10 heteroatoms. The van der Waals surface area contributed by atoms with Crippen LogP contribution in [0, 0.1) is 6.92 Å². The molecule has 2 heterocycles. The Morgan fingerprint density at radius 3 is 2.66 bits per heavy atom. The van der Waals surface area contributed by atoms with E-state index in [9.17, 15) is 18.0 Å². The van der Waals surface area contributed by atoms with Crippen LogP contribution in [-0.2, 0) is 11.3 Å². The number of aromatic nitrogens is 2. The summed E-state index contributed by atoms with van der Waals surface area (Å²) in [6, 6.07) is 10.6. The van der Waals surface area contributed by atoms with Crippen LogP contribution in [0.1, 0.15) is 11.5 Å². The average molecular weight is 405 g/mol. The number of hydrogen-bond acceptors (Lipinski definition) is 6. The van der Waals surface area contributed by atoms with Crippen LogP contribution in [0.3, 0.4) is 0 Å². The Bertz CT molecular complexity index is 1050. The first-order valence-electron chi connectivity index (χ1n) is 8.51. The van der Waals surface area contributed by atoms with E-state index in [1.165, 1.54) is 17.0 Å². The Labute approximate surface area is 162 Å². The highest BCUT2D eigenvalue weighted by Gasteiger charge is 2.31. The normalized spacial score (nSPS) is 13.8. The summed E-state index contributed by atoms with van der Waals surface area (Å²) >= 11 is 0. The fourth-order valence-electron chi connectivity index (χ4n) is 2.86. The maximum atomic E-state index is 12.3. The number of anilines is 1. The van der Waals surface area contributed by atoms with Crippen LogP contribution in [0.25, 0.3) is 11.4 Å². The van der Waals surface area contributed by atoms with Crippen molar-refractivity contribution in [2.24, 2.45) is 0 Å². The second kappa shape index (κ2) is 7.12. The monoisotopic (exact) mass is 405 g/mol. The van der Waals surface area contributed by atoms with Crippen molar-refractivity contribution >= 4 is 11.6 Å². The lowest BCUT2D eigenvalue weighted by Crippen LogP contribution is -2.38. The molecule has 0 saturated heterocycles. The number of halogens is 3. The first kappa shape index (κ1) is 18.8. The van der Waals surface area contributed by atoms with E-state index in [1.54, 1.807) is 6.07 Å². The number of fused-ring (bicyclic) bond motifs is 1. The molecule has 150 valence electrons. The van der Waals surface area contributed by atoms with Gasteiger partial charge in [-0.2, -0.15) is 4.98 Å². The van der Waals surface area contributed by atoms with Gasteiger partial charge in [0, 0.05) is 5.56 Å². The van der Waals surface area contributed by atoms with E-state index in [0.29, 0.717) is 17.0 Å². The second-order valence-corrected chi connectivity index (χ2v) is 6.32. The van der Waals surface area contributed by atoms with Gasteiger partial charge in [0.1, 0.15) is 18.0 Å². The molecule has 0 atom stereocenters. The molecule has 0 unspecified atom stereocenters. The highest BCUT2D eigenvalue weighted by atomic mass is 19.4. The van der Waals surface area contributed by atoms with E-state index in [2.05, 4.69) is 14.9 Å². The summed E-state index contributed by atoms with van der Waals surface area (Å²) in [6.45, 7) is 1.84. The van der Waals surface area contributed by atoms with Crippen LogP contribution in [0.2, 0.25) is 0 Å². The zero-order chi connectivity index (χ0) is 20.6. The predicted molar refractivity (Wildman–Crippen MR) is 94.3 cm³/mol. The van der Waals surface area contributed by atoms with Crippen molar-refractivity contribution in [2.45, 2.75) is 19.8 Å². The lowest BCUT2D eigenvalue weighted by molar-refractivity contribution is -0.274. The number of hydrogen-bond donors (Lipinski definition) is 0. The van der Waals surface area contributed by atoms with E-state index in [4.69, 9.17) is 9.26 Å². The smallest absolute Gasteiger partial charge is 0.482 e. The van der Waals surface area contributed by atoms with Crippen molar-refractivity contribution < 1.29 is 32.0 Å². The summed E-state index contributed by atoms with van der Waals surface area (Å²) in [7, 11) is 0. The van der Waals surface area contributed by atoms with Gasteiger partial charge in [0.15, 0.2) is 6.61 Å². The molecule has 1 aliphatic heterocycles. The first-order chi connectivity index (χ1) is 13.8. The minimum Gasteiger partial charge on any atom is -0.482 e. The Hall–Kier alpha value is -3.56. The van der Waals surface area contributed by atoms with E-state index >= 15 is 0 Å². The van der Waals surface area contributed by atoms with Crippen molar-refractivity contribution in [3.8, 4) is 22.9 Å². The third-order valence-electron chi connectivity index (χ3n) is 4.16. The summed E-state index contributed by atoms with van der Waals surface area (Å²) in [5.41, 5.74) is 2.01. The predicted octanol–water partition coefficient (Wildman–Crippen LogP) is 3.87. The summed E-state index contributed by atoms with van der Waals surface area (Å²) in [5, 5.41) is 3.84. The number of rotatable bonds is 4. The molecule has 0 aliphatic carbocycles. The summed E-state index contributed by atoms with van der Waals surface area (Å²) in [5.74, 6) is 0.338. The maximum absolute atomic E-state index is 12.3. The Morgan fingerprint density at radius 2 is 1.93 bits per heavy atom. The first-order valence-corrected chi connectivity index (χ1v) is 8.51. The zero-order valence-corrected chi connectivity index (χ0v) is 15.1. The number of ether oxygens (including phenoxy) is 2. The SMILES string of the molecule is Cc1ccc2c(c1)N(Cc1nc(-c3ccc(OC(F)(F)F)cc3)no1)C(=O)CO2. The van der Waals surface area contributed by atoms with Gasteiger partial charge >= 0.3 is 6.36 Å². The number of carbonyl (C=O) groups is 1. The molecule has 1 aromatic heterocycles. The molecule has 2 aromatic carbocycles. The molecule has 0 fully saturated rings. The van der Waals surface area contributed by atoms with Gasteiger partial charge in [0.2, 0.25) is 11.7 Å². The number of alkyl halides is 3. The quantitative estimate of drug-likeness (QED) is 0.656. The molecule has 1 aliphatic rings. The summed E-state index contributed by atoms with van der Waals surface area (Å²) < 4.78 is 51.2. The maximum Gasteiger partial charge on any atom is 0.573 e. The molecule has 0 radical (unpaired) electrons. The van der Waals surface area contributed by atoms with Crippen LogP contribution in [0.15, 0.2) is 47.0 Å². The van der Waals surface area contributed by atoms with Gasteiger partial charge in [0.05, 0.1) is 5.69 Å². The number of benzene rings is 2. The molecular weight excluding hydrogens is 391 g/mol. The third kappa shape index (κ3) is 4.15. The van der Waals surface area contributed by atoms with Crippen LogP contribution < -0.4 is 14.4 Å². The molecular formula is C19H14F3N3O4. The molecule has 0 saturated carbocycles. The number of amides is 1. The minimum absolute atomic E-state index is 0.0426. The minimum atomic E-state index is -4.76. The van der Waals surface area contributed by atoms with Crippen LogP contribution >= 0.6 is 0 Å². The van der Waals surface area contributed by atoms with Crippen molar-refractivity contribution in [3.05, 3.63) is 53.9 Å². The molecule has 4 rings (SSSR count). The number of aryl methyl sites for hydroxylation is 1. The van der Waals surface area contributed by atoms with Crippen molar-refractivity contribution in [1.29, 1.82) is 0 Å². The van der Waals surface area contributed by atoms with Crippen molar-refractivity contribution in [3.63, 3.8) is 0 Å². The Kier molecular flexibility index (Phi) is 4.61. The number of carbonyl (C=O) groups excluding carboxylic acids is 1. The highest BCUT2D eigenvalue weighted by molar-refractivity contribution is 5.97. The van der Waals surface area contributed by atoms with Gasteiger partial charge in [0.25, 0.3) is 5.91 Å². The molecule has 0 spiro atoms. The van der Waals surface area contributed by atoms with Gasteiger partial charge in [-0.05, 0) is 48.9 Å². The fourth-order valence-corrected chi connectivity index (χ4v) is 2.86. The second-order valence-electron chi connectivity index (χ2n) is 6.32. The molecule has 0 bridgehead atoms. The zero-order valence-electron chi connectivity index (χ0n) is 15.1. The average Bonchev–Trinajstić information content (AvgIpc) is 3.12. The topological polar surface area (TPSA) is 77.7 Å². The molecule has 1 amide bonds. The van der Waals surface area contributed by atoms with E-state index in [1.807, 2.05) is 19.1 Å².